The van der Waals surface area contributed by atoms with Crippen LogP contribution in [0.3, 0.4) is 0 Å². The van der Waals surface area contributed by atoms with Crippen molar-refractivity contribution >= 4 is 24.0 Å². The number of rotatable bonds is 9. The molecule has 3 aromatic rings. The minimum atomic E-state index is -4.46. The fourth-order valence-corrected chi connectivity index (χ4v) is 3.30. The molecule has 0 fully saturated rings. The first-order valence-corrected chi connectivity index (χ1v) is 10.6. The van der Waals surface area contributed by atoms with Crippen molar-refractivity contribution in [2.24, 2.45) is 0 Å². The van der Waals surface area contributed by atoms with E-state index in [1.807, 2.05) is 12.1 Å². The van der Waals surface area contributed by atoms with Crippen LogP contribution in [-0.4, -0.2) is 46.8 Å². The number of carbonyl (C=O) groups excluding carboxylic acids is 2. The van der Waals surface area contributed by atoms with Gasteiger partial charge in [-0.3, -0.25) is 19.3 Å². The fraction of sp³-hybridized carbons (Fsp3) is 0.273. The maximum Gasteiger partial charge on any atom is 0.416 e. The number of carbonyl (C=O) groups is 2. The molecule has 2 amide bonds. The molecule has 0 unspecified atom stereocenters. The smallest absolute Gasteiger partial charge is 0.416 e. The molecule has 0 aliphatic heterocycles. The van der Waals surface area contributed by atoms with Crippen LogP contribution in [-0.2, 0) is 17.5 Å². The number of nitrogens with zero attached hydrogens (tertiary/aromatic N) is 2. The first-order valence-electron chi connectivity index (χ1n) is 10.2. The zero-order chi connectivity index (χ0) is 24.7. The summed E-state index contributed by atoms with van der Waals surface area (Å²) in [6, 6.07) is 11.2. The standard InChI is InChI=1S/C22H22F3N5O3S/c1-33-17-8-4-14(5-9-17)19-28-29-21(34)30(19)13-10-18(31)26-11-12-27-20(32)15-2-6-16(7-3-15)22(23,24)25/h2-9H,10-13H2,1H3,(H,26,31)(H,27,32)(H,29,34). The zero-order valence-corrected chi connectivity index (χ0v) is 18.9. The Bertz CT molecular complexity index is 1190. The van der Waals surface area contributed by atoms with Crippen molar-refractivity contribution < 1.29 is 27.5 Å². The number of alkyl halides is 3. The van der Waals surface area contributed by atoms with Gasteiger partial charge in [0.2, 0.25) is 5.91 Å². The average molecular weight is 494 g/mol. The lowest BCUT2D eigenvalue weighted by Gasteiger charge is -2.10. The number of aromatic nitrogens is 3. The molecular weight excluding hydrogens is 471 g/mol. The second-order valence-corrected chi connectivity index (χ2v) is 7.55. The Hall–Kier alpha value is -3.67. The molecule has 0 spiro atoms. The third kappa shape index (κ3) is 6.44. The Labute approximate surface area is 198 Å². The first-order chi connectivity index (χ1) is 16.2. The number of benzene rings is 2. The van der Waals surface area contributed by atoms with Crippen molar-refractivity contribution in [3.8, 4) is 17.1 Å². The summed E-state index contributed by atoms with van der Waals surface area (Å²) < 4.78 is 45.0. The van der Waals surface area contributed by atoms with Crippen LogP contribution in [0.2, 0.25) is 0 Å². The molecule has 8 nitrogen and oxygen atoms in total. The maximum absolute atomic E-state index is 12.6. The van der Waals surface area contributed by atoms with Gasteiger partial charge in [0.25, 0.3) is 5.91 Å². The van der Waals surface area contributed by atoms with E-state index in [1.165, 1.54) is 0 Å². The van der Waals surface area contributed by atoms with Crippen molar-refractivity contribution in [2.75, 3.05) is 20.2 Å². The fourth-order valence-electron chi connectivity index (χ4n) is 3.08. The highest BCUT2D eigenvalue weighted by atomic mass is 32.1. The summed E-state index contributed by atoms with van der Waals surface area (Å²) in [5, 5.41) is 12.2. The predicted molar refractivity (Wildman–Crippen MR) is 121 cm³/mol. The molecular formula is C22H22F3N5O3S. The van der Waals surface area contributed by atoms with Gasteiger partial charge in [-0.1, -0.05) is 0 Å². The van der Waals surface area contributed by atoms with Crippen molar-refractivity contribution in [1.82, 2.24) is 25.4 Å². The second kappa shape index (κ2) is 11.0. The molecule has 0 aliphatic rings. The van der Waals surface area contributed by atoms with Crippen LogP contribution in [0.15, 0.2) is 48.5 Å². The van der Waals surface area contributed by atoms with Crippen LogP contribution in [0.5, 0.6) is 5.75 Å². The third-order valence-electron chi connectivity index (χ3n) is 4.88. The highest BCUT2D eigenvalue weighted by Gasteiger charge is 2.30. The molecule has 3 N–H and O–H groups in total. The van der Waals surface area contributed by atoms with Gasteiger partial charge < -0.3 is 15.4 Å². The molecule has 0 saturated heterocycles. The number of methoxy groups -OCH3 is 1. The summed E-state index contributed by atoms with van der Waals surface area (Å²) in [4.78, 5) is 24.2. The van der Waals surface area contributed by atoms with E-state index in [4.69, 9.17) is 17.0 Å². The Balaban J connectivity index is 1.45. The van der Waals surface area contributed by atoms with Crippen LogP contribution >= 0.6 is 12.2 Å². The highest BCUT2D eigenvalue weighted by Crippen LogP contribution is 2.29. The largest absolute Gasteiger partial charge is 0.497 e. The number of hydrogen-bond donors (Lipinski definition) is 3. The van der Waals surface area contributed by atoms with Gasteiger partial charge in [0.05, 0.1) is 12.7 Å². The number of ether oxygens (including phenoxy) is 1. The van der Waals surface area contributed by atoms with Crippen molar-refractivity contribution in [3.05, 3.63) is 64.4 Å². The van der Waals surface area contributed by atoms with Gasteiger partial charge >= 0.3 is 6.18 Å². The second-order valence-electron chi connectivity index (χ2n) is 7.16. The molecule has 3 rings (SSSR count). The lowest BCUT2D eigenvalue weighted by Crippen LogP contribution is -2.35. The van der Waals surface area contributed by atoms with Crippen molar-refractivity contribution in [1.29, 1.82) is 0 Å². The van der Waals surface area contributed by atoms with E-state index >= 15 is 0 Å². The van der Waals surface area contributed by atoms with E-state index in [9.17, 15) is 22.8 Å². The van der Waals surface area contributed by atoms with Crippen molar-refractivity contribution in [3.63, 3.8) is 0 Å². The van der Waals surface area contributed by atoms with Gasteiger partial charge in [-0.2, -0.15) is 18.3 Å². The molecule has 0 bridgehead atoms. The van der Waals surface area contributed by atoms with E-state index in [0.717, 1.165) is 29.8 Å². The molecule has 0 saturated carbocycles. The number of nitrogens with one attached hydrogen (secondary N) is 3. The molecule has 2 aromatic carbocycles. The summed E-state index contributed by atoms with van der Waals surface area (Å²) in [5.74, 6) is 0.503. The lowest BCUT2D eigenvalue weighted by atomic mass is 10.1. The SMILES string of the molecule is COc1ccc(-c2n[nH]c(=S)n2CCC(=O)NCCNC(=O)c2ccc(C(F)(F)F)cc2)cc1. The molecule has 34 heavy (non-hydrogen) atoms. The van der Waals surface area contributed by atoms with E-state index < -0.39 is 17.6 Å². The molecule has 0 radical (unpaired) electrons. The molecule has 1 heterocycles. The zero-order valence-electron chi connectivity index (χ0n) is 18.1. The van der Waals surface area contributed by atoms with Crippen LogP contribution in [0.4, 0.5) is 13.2 Å². The van der Waals surface area contributed by atoms with Gasteiger partial charge in [0.15, 0.2) is 10.6 Å². The van der Waals surface area contributed by atoms with Crippen LogP contribution in [0, 0.1) is 4.77 Å². The van der Waals surface area contributed by atoms with Gasteiger partial charge in [-0.15, -0.1) is 0 Å². The summed E-state index contributed by atoms with van der Waals surface area (Å²) >= 11 is 5.26. The molecule has 0 atom stereocenters. The number of H-pyrrole nitrogens is 1. The predicted octanol–water partition coefficient (Wildman–Crippen LogP) is 3.57. The third-order valence-corrected chi connectivity index (χ3v) is 5.19. The summed E-state index contributed by atoms with van der Waals surface area (Å²) in [5.41, 5.74) is 0.0726. The monoisotopic (exact) mass is 493 g/mol. The van der Waals surface area contributed by atoms with Gasteiger partial charge in [-0.05, 0) is 60.7 Å². The van der Waals surface area contributed by atoms with Crippen LogP contribution < -0.4 is 15.4 Å². The van der Waals surface area contributed by atoms with Gasteiger partial charge in [0, 0.05) is 37.2 Å². The van der Waals surface area contributed by atoms with Crippen LogP contribution in [0.1, 0.15) is 22.3 Å². The Morgan fingerprint density at radius 1 is 1.06 bits per heavy atom. The highest BCUT2D eigenvalue weighted by molar-refractivity contribution is 7.71. The Morgan fingerprint density at radius 2 is 1.71 bits per heavy atom. The Morgan fingerprint density at radius 3 is 2.32 bits per heavy atom. The van der Waals surface area contributed by atoms with E-state index in [2.05, 4.69) is 20.8 Å². The Kier molecular flexibility index (Phi) is 8.05. The number of hydrogen-bond acceptors (Lipinski definition) is 5. The topological polar surface area (TPSA) is 101 Å². The minimum absolute atomic E-state index is 0.0970. The normalized spacial score (nSPS) is 11.2. The van der Waals surface area contributed by atoms with E-state index in [0.29, 0.717) is 22.9 Å². The lowest BCUT2D eigenvalue weighted by molar-refractivity contribution is -0.137. The minimum Gasteiger partial charge on any atom is -0.497 e. The van der Waals surface area contributed by atoms with Crippen molar-refractivity contribution in [2.45, 2.75) is 19.1 Å². The van der Waals surface area contributed by atoms with Gasteiger partial charge in [-0.25, -0.2) is 0 Å². The molecule has 0 aliphatic carbocycles. The molecule has 180 valence electrons. The number of aromatic amines is 1. The van der Waals surface area contributed by atoms with E-state index in [-0.39, 0.29) is 31.0 Å². The number of halogens is 3. The van der Waals surface area contributed by atoms with Crippen LogP contribution in [0.25, 0.3) is 11.4 Å². The van der Waals surface area contributed by atoms with E-state index in [1.54, 1.807) is 23.8 Å². The summed E-state index contributed by atoms with van der Waals surface area (Å²) in [7, 11) is 1.57. The molecule has 12 heteroatoms. The molecule has 1 aromatic heterocycles. The maximum atomic E-state index is 12.6. The quantitative estimate of drug-likeness (QED) is 0.313. The average Bonchev–Trinajstić information content (AvgIpc) is 3.20. The number of amides is 2. The summed E-state index contributed by atoms with van der Waals surface area (Å²) in [6.07, 6.45) is -4.33. The first kappa shape index (κ1) is 25.0. The summed E-state index contributed by atoms with van der Waals surface area (Å²) in [6.45, 7) is 0.571. The van der Waals surface area contributed by atoms with Gasteiger partial charge in [0.1, 0.15) is 5.75 Å².